The van der Waals surface area contributed by atoms with E-state index in [1.54, 1.807) is 0 Å². The van der Waals surface area contributed by atoms with E-state index in [4.69, 9.17) is 16.3 Å². The Kier molecular flexibility index (Phi) is 2.79. The molecule has 0 saturated carbocycles. The first-order chi connectivity index (χ1) is 7.41. The van der Waals surface area contributed by atoms with Gasteiger partial charge in [-0.05, 0) is 23.1 Å². The highest BCUT2D eigenvalue weighted by atomic mass is 35.5. The van der Waals surface area contributed by atoms with E-state index in [1.807, 2.05) is 12.2 Å². The highest BCUT2D eigenvalue weighted by Gasteiger charge is 2.30. The summed E-state index contributed by atoms with van der Waals surface area (Å²) in [5, 5.41) is 10.0. The average molecular weight is 241 g/mol. The summed E-state index contributed by atoms with van der Waals surface area (Å²) in [6.07, 6.45) is 4.45. The second kappa shape index (κ2) is 3.85. The van der Waals surface area contributed by atoms with Gasteiger partial charge in [0.25, 0.3) is 0 Å². The second-order valence-electron chi connectivity index (χ2n) is 5.30. The summed E-state index contributed by atoms with van der Waals surface area (Å²) in [5.41, 5.74) is 1.94. The molecule has 16 heavy (non-hydrogen) atoms. The molecule has 2 rings (SSSR count). The van der Waals surface area contributed by atoms with Gasteiger partial charge in [-0.3, -0.25) is 0 Å². The molecule has 1 N–H and O–H groups in total. The Morgan fingerprint density at radius 3 is 2.75 bits per heavy atom. The van der Waals surface area contributed by atoms with E-state index >= 15 is 0 Å². The third-order valence-corrected chi connectivity index (χ3v) is 3.19. The van der Waals surface area contributed by atoms with Gasteiger partial charge in [0.05, 0.1) is 5.88 Å². The molecule has 1 unspecified atom stereocenters. The van der Waals surface area contributed by atoms with Gasteiger partial charge in [-0.25, -0.2) is 0 Å². The van der Waals surface area contributed by atoms with Crippen molar-refractivity contribution in [2.75, 3.05) is 5.88 Å². The minimum Gasteiger partial charge on any atom is -0.512 e. The number of hydrogen-bond acceptors (Lipinski definition) is 2. The topological polar surface area (TPSA) is 29.5 Å². The zero-order chi connectivity index (χ0) is 11.9. The lowest BCUT2D eigenvalue weighted by Crippen LogP contribution is -2.14. The van der Waals surface area contributed by atoms with Crippen LogP contribution in [-0.4, -0.2) is 17.1 Å². The molecule has 1 atom stereocenters. The van der Waals surface area contributed by atoms with E-state index in [0.29, 0.717) is 18.1 Å². The maximum absolute atomic E-state index is 10.0. The third-order valence-electron chi connectivity index (χ3n) is 2.89. The van der Waals surface area contributed by atoms with E-state index in [9.17, 15) is 5.11 Å². The maximum atomic E-state index is 10.0. The molecule has 2 nitrogen and oxygen atoms in total. The zero-order valence-corrected chi connectivity index (χ0v) is 10.6. The fourth-order valence-electron chi connectivity index (χ4n) is 2.07. The summed E-state index contributed by atoms with van der Waals surface area (Å²) in [4.78, 5) is 0. The minimum atomic E-state index is -0.0645. The molecule has 88 valence electrons. The van der Waals surface area contributed by atoms with Gasteiger partial charge >= 0.3 is 0 Å². The van der Waals surface area contributed by atoms with Crippen LogP contribution in [0.2, 0.25) is 0 Å². The van der Waals surface area contributed by atoms with Crippen LogP contribution >= 0.6 is 11.6 Å². The second-order valence-corrected chi connectivity index (χ2v) is 5.61. The van der Waals surface area contributed by atoms with Gasteiger partial charge in [0.15, 0.2) is 0 Å². The number of aliphatic hydroxyl groups is 1. The molecule has 0 radical (unpaired) electrons. The number of alkyl halides is 1. The zero-order valence-electron chi connectivity index (χ0n) is 9.88. The fourth-order valence-corrected chi connectivity index (χ4v) is 2.22. The van der Waals surface area contributed by atoms with Crippen LogP contribution in [-0.2, 0) is 4.74 Å². The Balaban J connectivity index is 2.32. The molecular formula is C13H17ClO2. The quantitative estimate of drug-likeness (QED) is 0.709. The van der Waals surface area contributed by atoms with Crippen molar-refractivity contribution in [2.24, 2.45) is 5.41 Å². The minimum absolute atomic E-state index is 0.0463. The molecule has 0 spiro atoms. The standard InChI is InChI=1S/C13H17ClO2/c1-13(2,3)10-6-12-8(5-11(10)15)4-9(7-14)16-12/h4,6,9,15H,5,7H2,1-3H3. The molecule has 2 aliphatic rings. The van der Waals surface area contributed by atoms with E-state index in [-0.39, 0.29) is 11.5 Å². The number of allylic oxidation sites excluding steroid dienone is 4. The molecule has 0 saturated heterocycles. The number of hydrogen-bond donors (Lipinski definition) is 1. The summed E-state index contributed by atoms with van der Waals surface area (Å²) in [6.45, 7) is 6.24. The SMILES string of the molecule is CC(C)(C)C1=C(O)CC2=CC(CCl)OC2=C1. The summed E-state index contributed by atoms with van der Waals surface area (Å²) >= 11 is 5.76. The molecule has 3 heteroatoms. The molecule has 0 amide bonds. The van der Waals surface area contributed by atoms with Crippen LogP contribution in [0.1, 0.15) is 27.2 Å². The Hall–Kier alpha value is -0.890. The first kappa shape index (κ1) is 11.6. The number of halogens is 1. The molecule has 1 heterocycles. The molecule has 1 aliphatic heterocycles. The summed E-state index contributed by atoms with van der Waals surface area (Å²) in [7, 11) is 0. The van der Waals surface area contributed by atoms with Crippen molar-refractivity contribution >= 4 is 11.6 Å². The largest absolute Gasteiger partial charge is 0.512 e. The van der Waals surface area contributed by atoms with Crippen molar-refractivity contribution in [3.8, 4) is 0 Å². The van der Waals surface area contributed by atoms with Crippen molar-refractivity contribution in [2.45, 2.75) is 33.3 Å². The van der Waals surface area contributed by atoms with E-state index in [1.165, 1.54) is 0 Å². The maximum Gasteiger partial charge on any atom is 0.131 e. The van der Waals surface area contributed by atoms with Gasteiger partial charge in [-0.15, -0.1) is 11.6 Å². The van der Waals surface area contributed by atoms with Gasteiger partial charge in [0, 0.05) is 12.0 Å². The molecule has 0 aromatic carbocycles. The van der Waals surface area contributed by atoms with Crippen molar-refractivity contribution in [3.05, 3.63) is 34.8 Å². The monoisotopic (exact) mass is 240 g/mol. The first-order valence-electron chi connectivity index (χ1n) is 5.50. The van der Waals surface area contributed by atoms with Gasteiger partial charge in [0.2, 0.25) is 0 Å². The Bertz CT molecular complexity index is 397. The van der Waals surface area contributed by atoms with Gasteiger partial charge in [0.1, 0.15) is 17.6 Å². The summed E-state index contributed by atoms with van der Waals surface area (Å²) in [6, 6.07) is 0. The van der Waals surface area contributed by atoms with Crippen molar-refractivity contribution in [1.29, 1.82) is 0 Å². The highest BCUT2D eigenvalue weighted by molar-refractivity contribution is 6.18. The third kappa shape index (κ3) is 1.99. The van der Waals surface area contributed by atoms with Crippen LogP contribution in [0.5, 0.6) is 0 Å². The number of ether oxygens (including phenoxy) is 1. The molecule has 0 bridgehead atoms. The van der Waals surface area contributed by atoms with E-state index in [0.717, 1.165) is 16.9 Å². The van der Waals surface area contributed by atoms with Crippen LogP contribution in [0.4, 0.5) is 0 Å². The molecular weight excluding hydrogens is 224 g/mol. The number of fused-ring (bicyclic) bond motifs is 1. The average Bonchev–Trinajstić information content (AvgIpc) is 2.56. The van der Waals surface area contributed by atoms with Crippen molar-refractivity contribution in [3.63, 3.8) is 0 Å². The number of aliphatic hydroxyl groups excluding tert-OH is 1. The van der Waals surface area contributed by atoms with Crippen LogP contribution in [0.15, 0.2) is 34.8 Å². The Morgan fingerprint density at radius 2 is 2.19 bits per heavy atom. The molecule has 0 fully saturated rings. The predicted molar refractivity (Wildman–Crippen MR) is 65.5 cm³/mol. The lowest BCUT2D eigenvalue weighted by atomic mass is 9.81. The van der Waals surface area contributed by atoms with Crippen LogP contribution in [0.25, 0.3) is 0 Å². The molecule has 1 aliphatic carbocycles. The Morgan fingerprint density at radius 1 is 1.50 bits per heavy atom. The first-order valence-corrected chi connectivity index (χ1v) is 6.03. The van der Waals surface area contributed by atoms with Crippen molar-refractivity contribution < 1.29 is 9.84 Å². The fraction of sp³-hybridized carbons (Fsp3) is 0.538. The highest BCUT2D eigenvalue weighted by Crippen LogP contribution is 2.40. The van der Waals surface area contributed by atoms with Gasteiger partial charge in [-0.2, -0.15) is 0 Å². The van der Waals surface area contributed by atoms with E-state index < -0.39 is 0 Å². The van der Waals surface area contributed by atoms with Gasteiger partial charge in [-0.1, -0.05) is 20.8 Å². The van der Waals surface area contributed by atoms with Crippen molar-refractivity contribution in [1.82, 2.24) is 0 Å². The molecule has 0 aromatic heterocycles. The normalized spacial score (nSPS) is 24.9. The molecule has 0 aromatic rings. The van der Waals surface area contributed by atoms with Crippen LogP contribution in [0.3, 0.4) is 0 Å². The Labute approximate surface area is 101 Å². The summed E-state index contributed by atoms with van der Waals surface area (Å²) in [5.74, 6) is 1.77. The lowest BCUT2D eigenvalue weighted by Gasteiger charge is -2.26. The predicted octanol–water partition coefficient (Wildman–Crippen LogP) is 3.70. The van der Waals surface area contributed by atoms with Crippen LogP contribution < -0.4 is 0 Å². The smallest absolute Gasteiger partial charge is 0.131 e. The van der Waals surface area contributed by atoms with E-state index in [2.05, 4.69) is 20.8 Å². The number of rotatable bonds is 1. The van der Waals surface area contributed by atoms with Gasteiger partial charge < -0.3 is 9.84 Å². The van der Waals surface area contributed by atoms with Crippen LogP contribution in [0, 0.1) is 5.41 Å². The summed E-state index contributed by atoms with van der Waals surface area (Å²) < 4.78 is 5.68. The lowest BCUT2D eigenvalue weighted by molar-refractivity contribution is 0.196.